The maximum absolute atomic E-state index is 4.54. The Hall–Kier alpha value is -1.66. The number of hydrogen-bond acceptors (Lipinski definition) is 5. The number of aromatic nitrogens is 4. The molecule has 5 nitrogen and oxygen atoms in total. The number of nitrogens with zero attached hydrogens (tertiary/aromatic N) is 5. The third kappa shape index (κ3) is 4.79. The van der Waals surface area contributed by atoms with Gasteiger partial charge in [-0.2, -0.15) is 0 Å². The van der Waals surface area contributed by atoms with Gasteiger partial charge in [-0.1, -0.05) is 23.9 Å². The molecule has 1 atom stereocenters. The maximum atomic E-state index is 4.54. The fourth-order valence-electron chi connectivity index (χ4n) is 4.20. The predicted octanol–water partition coefficient (Wildman–Crippen LogP) is 4.04. The van der Waals surface area contributed by atoms with Crippen molar-refractivity contribution in [3.63, 3.8) is 0 Å². The number of likely N-dealkylation sites (tertiary alicyclic amines) is 1. The highest BCUT2D eigenvalue weighted by atomic mass is 32.2. The van der Waals surface area contributed by atoms with Gasteiger partial charge in [0.15, 0.2) is 5.16 Å². The summed E-state index contributed by atoms with van der Waals surface area (Å²) in [6.07, 6.45) is 14.7. The van der Waals surface area contributed by atoms with Gasteiger partial charge in [-0.25, -0.2) is 0 Å². The van der Waals surface area contributed by atoms with Gasteiger partial charge in [-0.3, -0.25) is 4.98 Å². The van der Waals surface area contributed by atoms with E-state index >= 15 is 0 Å². The van der Waals surface area contributed by atoms with Gasteiger partial charge >= 0.3 is 0 Å². The third-order valence-electron chi connectivity index (χ3n) is 5.83. The number of hydrogen-bond donors (Lipinski definition) is 0. The van der Waals surface area contributed by atoms with Crippen LogP contribution < -0.4 is 0 Å². The zero-order valence-corrected chi connectivity index (χ0v) is 16.9. The van der Waals surface area contributed by atoms with Crippen molar-refractivity contribution in [2.45, 2.75) is 48.9 Å². The quantitative estimate of drug-likeness (QED) is 0.556. The molecule has 1 aliphatic heterocycles. The molecule has 6 heteroatoms. The van der Waals surface area contributed by atoms with E-state index in [4.69, 9.17) is 0 Å². The summed E-state index contributed by atoms with van der Waals surface area (Å²) in [5.41, 5.74) is 1.27. The van der Waals surface area contributed by atoms with Crippen molar-refractivity contribution in [3.05, 3.63) is 48.1 Å². The van der Waals surface area contributed by atoms with Crippen molar-refractivity contribution >= 4 is 11.8 Å². The summed E-state index contributed by atoms with van der Waals surface area (Å²) >= 11 is 1.75. The van der Waals surface area contributed by atoms with Crippen LogP contribution in [0.2, 0.25) is 0 Å². The van der Waals surface area contributed by atoms with Gasteiger partial charge in [-0.05, 0) is 68.8 Å². The highest BCUT2D eigenvalue weighted by molar-refractivity contribution is 7.98. The first-order valence-corrected chi connectivity index (χ1v) is 11.1. The summed E-state index contributed by atoms with van der Waals surface area (Å²) in [5.74, 6) is 3.47. The van der Waals surface area contributed by atoms with Crippen molar-refractivity contribution in [1.29, 1.82) is 0 Å². The molecule has 2 aromatic rings. The van der Waals surface area contributed by atoms with Gasteiger partial charge < -0.3 is 9.47 Å². The minimum Gasteiger partial charge on any atom is -0.309 e. The summed E-state index contributed by atoms with van der Waals surface area (Å²) in [5, 5.41) is 10.0. The fraction of sp³-hybridized carbons (Fsp3) is 0.571. The maximum Gasteiger partial charge on any atom is 0.191 e. The van der Waals surface area contributed by atoms with Crippen molar-refractivity contribution in [2.75, 3.05) is 19.6 Å². The number of allylic oxidation sites excluding steroid dienone is 2. The molecule has 0 N–H and O–H groups in total. The summed E-state index contributed by atoms with van der Waals surface area (Å²) in [7, 11) is 2.12. The van der Waals surface area contributed by atoms with Crippen LogP contribution in [0.1, 0.15) is 49.4 Å². The Kier molecular flexibility index (Phi) is 6.24. The summed E-state index contributed by atoms with van der Waals surface area (Å²) in [6.45, 7) is 3.65. The Balaban J connectivity index is 1.29. The van der Waals surface area contributed by atoms with Crippen LogP contribution in [0.25, 0.3) is 0 Å². The van der Waals surface area contributed by atoms with Crippen molar-refractivity contribution in [3.8, 4) is 0 Å². The number of rotatable bonds is 6. The fourth-order valence-corrected chi connectivity index (χ4v) is 5.07. The number of thioether (sulfide) groups is 1. The molecule has 2 aliphatic rings. The molecule has 0 unspecified atom stereocenters. The highest BCUT2D eigenvalue weighted by Crippen LogP contribution is 2.30. The standard InChI is InChI=1S/C21H29N5S/c1-25-20(23-24-21(25)27-16-18-7-11-22-12-8-18)19-9-13-26(14-10-19)15-17-5-3-2-4-6-17/h2-3,7-8,11-12,17,19H,4-6,9-10,13-16H2,1H3/t17-/m1/s1. The topological polar surface area (TPSA) is 46.8 Å². The monoisotopic (exact) mass is 383 g/mol. The molecule has 0 bridgehead atoms. The van der Waals surface area contributed by atoms with E-state index in [-0.39, 0.29) is 0 Å². The van der Waals surface area contributed by atoms with E-state index in [9.17, 15) is 0 Å². The lowest BCUT2D eigenvalue weighted by atomic mass is 9.91. The molecule has 0 radical (unpaired) electrons. The summed E-state index contributed by atoms with van der Waals surface area (Å²) in [6, 6.07) is 4.12. The molecule has 4 rings (SSSR count). The molecule has 144 valence electrons. The molecule has 0 spiro atoms. The van der Waals surface area contributed by atoms with Crippen LogP contribution in [0.4, 0.5) is 0 Å². The molecule has 2 aromatic heterocycles. The molecule has 1 saturated heterocycles. The van der Waals surface area contributed by atoms with Gasteiger partial charge in [0.2, 0.25) is 0 Å². The third-order valence-corrected chi connectivity index (χ3v) is 6.92. The van der Waals surface area contributed by atoms with Crippen LogP contribution in [0.3, 0.4) is 0 Å². The summed E-state index contributed by atoms with van der Waals surface area (Å²) in [4.78, 5) is 6.74. The van der Waals surface area contributed by atoms with Crippen LogP contribution in [0.5, 0.6) is 0 Å². The first-order valence-electron chi connectivity index (χ1n) is 10.1. The predicted molar refractivity (Wildman–Crippen MR) is 110 cm³/mol. The number of piperidine rings is 1. The lowest BCUT2D eigenvalue weighted by molar-refractivity contribution is 0.174. The highest BCUT2D eigenvalue weighted by Gasteiger charge is 2.26. The minimum absolute atomic E-state index is 0.542. The van der Waals surface area contributed by atoms with Gasteiger partial charge in [0.1, 0.15) is 5.82 Å². The van der Waals surface area contributed by atoms with Gasteiger partial charge in [0.05, 0.1) is 0 Å². The average molecular weight is 384 g/mol. The zero-order valence-electron chi connectivity index (χ0n) is 16.1. The van der Waals surface area contributed by atoms with Gasteiger partial charge in [0.25, 0.3) is 0 Å². The Morgan fingerprint density at radius 1 is 1.07 bits per heavy atom. The van der Waals surface area contributed by atoms with Crippen molar-refractivity contribution < 1.29 is 0 Å². The number of pyridine rings is 1. The van der Waals surface area contributed by atoms with E-state index in [2.05, 4.69) is 56.0 Å². The molecule has 0 saturated carbocycles. The van der Waals surface area contributed by atoms with E-state index in [0.717, 1.165) is 22.7 Å². The second kappa shape index (κ2) is 9.02. The summed E-state index contributed by atoms with van der Waals surface area (Å²) < 4.78 is 2.21. The van der Waals surface area contributed by atoms with Crippen molar-refractivity contribution in [1.82, 2.24) is 24.6 Å². The van der Waals surface area contributed by atoms with Crippen LogP contribution in [0, 0.1) is 5.92 Å². The molecular weight excluding hydrogens is 354 g/mol. The SMILES string of the molecule is Cn1c(SCc2ccncc2)nnc1C1CCN(C[C@@H]2CC=CCC2)CC1. The molecule has 0 aromatic carbocycles. The lowest BCUT2D eigenvalue weighted by Crippen LogP contribution is -2.37. The van der Waals surface area contributed by atoms with E-state index in [1.807, 2.05) is 12.4 Å². The average Bonchev–Trinajstić information content (AvgIpc) is 3.09. The van der Waals surface area contributed by atoms with E-state index in [1.165, 1.54) is 57.3 Å². The molecule has 3 heterocycles. The smallest absolute Gasteiger partial charge is 0.191 e. The Bertz CT molecular complexity index is 749. The van der Waals surface area contributed by atoms with Gasteiger partial charge in [0, 0.05) is 37.7 Å². The first kappa shape index (κ1) is 18.7. The Morgan fingerprint density at radius 3 is 2.63 bits per heavy atom. The van der Waals surface area contributed by atoms with Crippen LogP contribution in [-0.2, 0) is 12.8 Å². The van der Waals surface area contributed by atoms with Crippen molar-refractivity contribution in [2.24, 2.45) is 13.0 Å². The van der Waals surface area contributed by atoms with Gasteiger partial charge in [-0.15, -0.1) is 10.2 Å². The molecular formula is C21H29N5S. The molecule has 1 fully saturated rings. The van der Waals surface area contributed by atoms with E-state index < -0.39 is 0 Å². The Morgan fingerprint density at radius 2 is 1.89 bits per heavy atom. The normalized spacial score (nSPS) is 21.6. The van der Waals surface area contributed by atoms with Crippen LogP contribution in [0.15, 0.2) is 41.8 Å². The largest absolute Gasteiger partial charge is 0.309 e. The van der Waals surface area contributed by atoms with Crippen LogP contribution in [-0.4, -0.2) is 44.3 Å². The minimum atomic E-state index is 0.542. The van der Waals surface area contributed by atoms with Crippen LogP contribution >= 0.6 is 11.8 Å². The molecule has 1 aliphatic carbocycles. The lowest BCUT2D eigenvalue weighted by Gasteiger charge is -2.34. The zero-order chi connectivity index (χ0) is 18.5. The Labute approximate surface area is 166 Å². The first-order chi connectivity index (χ1) is 13.3. The van der Waals surface area contributed by atoms with E-state index in [0.29, 0.717) is 5.92 Å². The van der Waals surface area contributed by atoms with E-state index in [1.54, 1.807) is 11.8 Å². The molecule has 27 heavy (non-hydrogen) atoms. The molecule has 0 amide bonds. The second-order valence-electron chi connectivity index (χ2n) is 7.77. The second-order valence-corrected chi connectivity index (χ2v) is 8.71.